The van der Waals surface area contributed by atoms with Gasteiger partial charge in [0.05, 0.1) is 17.6 Å². The highest BCUT2D eigenvalue weighted by Crippen LogP contribution is 2.27. The first-order valence-corrected chi connectivity index (χ1v) is 11.8. The van der Waals surface area contributed by atoms with Crippen molar-refractivity contribution in [3.05, 3.63) is 54.2 Å². The minimum absolute atomic E-state index is 0.0309. The molecule has 0 unspecified atom stereocenters. The molecule has 4 rings (SSSR count). The quantitative estimate of drug-likeness (QED) is 0.491. The van der Waals surface area contributed by atoms with Crippen LogP contribution in [0.15, 0.2) is 52.2 Å². The van der Waals surface area contributed by atoms with Gasteiger partial charge < -0.3 is 18.8 Å². The van der Waals surface area contributed by atoms with Gasteiger partial charge in [0.2, 0.25) is 5.91 Å². The Bertz CT molecular complexity index is 1110. The van der Waals surface area contributed by atoms with Gasteiger partial charge in [-0.1, -0.05) is 37.7 Å². The van der Waals surface area contributed by atoms with Crippen LogP contribution in [0.3, 0.4) is 0 Å². The topological polar surface area (TPSA) is 84.5 Å². The molecular weight excluding hydrogens is 445 g/mol. The molecule has 33 heavy (non-hydrogen) atoms. The number of furan rings is 1. The molecule has 1 aliphatic heterocycles. The summed E-state index contributed by atoms with van der Waals surface area (Å²) in [7, 11) is 0. The van der Waals surface area contributed by atoms with Gasteiger partial charge in [-0.15, -0.1) is 10.2 Å². The Kier molecular flexibility index (Phi) is 7.12. The molecule has 3 heterocycles. The molecule has 1 aliphatic rings. The largest absolute Gasteiger partial charge is 0.459 e. The third-order valence-electron chi connectivity index (χ3n) is 5.36. The lowest BCUT2D eigenvalue weighted by atomic mass is 10.2. The zero-order valence-corrected chi connectivity index (χ0v) is 19.4. The lowest BCUT2D eigenvalue weighted by Gasteiger charge is -2.34. The van der Waals surface area contributed by atoms with Gasteiger partial charge in [-0.3, -0.25) is 9.59 Å². The van der Waals surface area contributed by atoms with Crippen molar-refractivity contribution in [2.45, 2.75) is 25.5 Å². The second-order valence-corrected chi connectivity index (χ2v) is 9.17. The van der Waals surface area contributed by atoms with E-state index >= 15 is 0 Å². The number of benzene rings is 1. The molecule has 0 atom stereocenters. The van der Waals surface area contributed by atoms with E-state index in [-0.39, 0.29) is 23.4 Å². The van der Waals surface area contributed by atoms with E-state index in [1.54, 1.807) is 40.1 Å². The Hall–Kier alpha value is -3.14. The zero-order valence-electron chi connectivity index (χ0n) is 18.6. The molecule has 1 saturated heterocycles. The van der Waals surface area contributed by atoms with Crippen LogP contribution in [0.1, 0.15) is 24.4 Å². The fourth-order valence-electron chi connectivity index (χ4n) is 3.70. The lowest BCUT2D eigenvalue weighted by molar-refractivity contribution is -0.129. The van der Waals surface area contributed by atoms with Crippen LogP contribution in [0.4, 0.5) is 4.39 Å². The molecule has 2 aromatic heterocycles. The molecular formula is C23H26FN5O3S. The smallest absolute Gasteiger partial charge is 0.289 e. The molecule has 1 aromatic carbocycles. The Morgan fingerprint density at radius 2 is 1.79 bits per heavy atom. The normalized spacial score (nSPS) is 14.2. The van der Waals surface area contributed by atoms with E-state index in [9.17, 15) is 14.0 Å². The first-order chi connectivity index (χ1) is 15.9. The van der Waals surface area contributed by atoms with Gasteiger partial charge in [-0.25, -0.2) is 4.39 Å². The number of nitrogens with zero attached hydrogens (tertiary/aromatic N) is 5. The second kappa shape index (κ2) is 10.2. The molecule has 10 heteroatoms. The average Bonchev–Trinajstić information content (AvgIpc) is 3.48. The molecule has 0 bridgehead atoms. The number of carbonyl (C=O) groups excluding carboxylic acids is 2. The maximum Gasteiger partial charge on any atom is 0.289 e. The molecule has 174 valence electrons. The first kappa shape index (κ1) is 23.0. The summed E-state index contributed by atoms with van der Waals surface area (Å²) >= 11 is 1.30. The van der Waals surface area contributed by atoms with E-state index in [0.29, 0.717) is 60.9 Å². The van der Waals surface area contributed by atoms with Crippen molar-refractivity contribution in [2.75, 3.05) is 31.9 Å². The summed E-state index contributed by atoms with van der Waals surface area (Å²) in [6, 6.07) is 9.80. The van der Waals surface area contributed by atoms with Crippen LogP contribution in [0, 0.1) is 11.7 Å². The fraction of sp³-hybridized carbons (Fsp3) is 0.391. The minimum atomic E-state index is -0.357. The highest BCUT2D eigenvalue weighted by Gasteiger charge is 2.26. The Balaban J connectivity index is 1.38. The highest BCUT2D eigenvalue weighted by atomic mass is 32.2. The van der Waals surface area contributed by atoms with Crippen LogP contribution in [0.2, 0.25) is 0 Å². The summed E-state index contributed by atoms with van der Waals surface area (Å²) in [4.78, 5) is 28.6. The Morgan fingerprint density at radius 3 is 2.45 bits per heavy atom. The predicted octanol–water partition coefficient (Wildman–Crippen LogP) is 3.41. The summed E-state index contributed by atoms with van der Waals surface area (Å²) < 4.78 is 21.4. The van der Waals surface area contributed by atoms with Crippen molar-refractivity contribution >= 4 is 23.6 Å². The summed E-state index contributed by atoms with van der Waals surface area (Å²) in [6.07, 6.45) is 1.47. The highest BCUT2D eigenvalue weighted by molar-refractivity contribution is 7.99. The molecule has 0 saturated carbocycles. The number of thioether (sulfide) groups is 1. The maximum atomic E-state index is 14.4. The van der Waals surface area contributed by atoms with Gasteiger partial charge in [-0.05, 0) is 30.2 Å². The summed E-state index contributed by atoms with van der Waals surface area (Å²) in [5.74, 6) is 0.702. The fourth-order valence-corrected chi connectivity index (χ4v) is 4.55. The van der Waals surface area contributed by atoms with Gasteiger partial charge in [0, 0.05) is 32.7 Å². The van der Waals surface area contributed by atoms with Crippen molar-refractivity contribution in [3.63, 3.8) is 0 Å². The van der Waals surface area contributed by atoms with Crippen LogP contribution in [0.5, 0.6) is 0 Å². The molecule has 1 fully saturated rings. The standard InChI is InChI=1S/C23H26FN5O3S/c1-16(2)14-29-21(17-6-3-4-7-18(17)24)25-26-23(29)33-15-20(30)27-9-11-28(12-10-27)22(31)19-8-5-13-32-19/h3-8,13,16H,9-12,14-15H2,1-2H3. The third-order valence-corrected chi connectivity index (χ3v) is 6.31. The van der Waals surface area contributed by atoms with E-state index in [1.165, 1.54) is 24.1 Å². The zero-order chi connectivity index (χ0) is 23.4. The van der Waals surface area contributed by atoms with Crippen LogP contribution in [0.25, 0.3) is 11.4 Å². The number of hydrogen-bond donors (Lipinski definition) is 0. The van der Waals surface area contributed by atoms with Crippen molar-refractivity contribution in [1.82, 2.24) is 24.6 Å². The van der Waals surface area contributed by atoms with Crippen LogP contribution in [-0.4, -0.2) is 68.3 Å². The summed E-state index contributed by atoms with van der Waals surface area (Å²) in [5.41, 5.74) is 0.390. The maximum absolute atomic E-state index is 14.4. The van der Waals surface area contributed by atoms with Crippen molar-refractivity contribution in [3.8, 4) is 11.4 Å². The molecule has 0 aliphatic carbocycles. The van der Waals surface area contributed by atoms with E-state index < -0.39 is 0 Å². The number of piperazine rings is 1. The molecule has 0 N–H and O–H groups in total. The van der Waals surface area contributed by atoms with E-state index in [0.717, 1.165) is 0 Å². The number of hydrogen-bond acceptors (Lipinski definition) is 6. The van der Waals surface area contributed by atoms with Gasteiger partial charge in [0.25, 0.3) is 5.91 Å². The van der Waals surface area contributed by atoms with Crippen molar-refractivity contribution in [1.29, 1.82) is 0 Å². The SMILES string of the molecule is CC(C)Cn1c(SCC(=O)N2CCN(C(=O)c3ccco3)CC2)nnc1-c1ccccc1F. The number of halogens is 1. The summed E-state index contributed by atoms with van der Waals surface area (Å²) in [5, 5.41) is 9.05. The van der Waals surface area contributed by atoms with Crippen molar-refractivity contribution < 1.29 is 18.4 Å². The minimum Gasteiger partial charge on any atom is -0.459 e. The van der Waals surface area contributed by atoms with Gasteiger partial charge in [-0.2, -0.15) is 0 Å². The summed E-state index contributed by atoms with van der Waals surface area (Å²) in [6.45, 7) is 6.58. The molecule has 0 radical (unpaired) electrons. The number of amides is 2. The molecule has 3 aromatic rings. The third kappa shape index (κ3) is 5.27. The number of carbonyl (C=O) groups is 2. The Morgan fingerprint density at radius 1 is 1.06 bits per heavy atom. The molecule has 8 nitrogen and oxygen atoms in total. The van der Waals surface area contributed by atoms with Crippen LogP contribution in [-0.2, 0) is 11.3 Å². The van der Waals surface area contributed by atoms with Crippen LogP contribution >= 0.6 is 11.8 Å². The number of aromatic nitrogens is 3. The molecule has 0 spiro atoms. The molecule has 2 amide bonds. The Labute approximate surface area is 195 Å². The van der Waals surface area contributed by atoms with Crippen LogP contribution < -0.4 is 0 Å². The van der Waals surface area contributed by atoms with E-state index in [1.807, 2.05) is 4.57 Å². The lowest BCUT2D eigenvalue weighted by Crippen LogP contribution is -2.51. The van der Waals surface area contributed by atoms with Gasteiger partial charge in [0.1, 0.15) is 5.82 Å². The first-order valence-electron chi connectivity index (χ1n) is 10.9. The van der Waals surface area contributed by atoms with Gasteiger partial charge >= 0.3 is 0 Å². The predicted molar refractivity (Wildman–Crippen MR) is 122 cm³/mol. The second-order valence-electron chi connectivity index (χ2n) is 8.23. The monoisotopic (exact) mass is 471 g/mol. The van der Waals surface area contributed by atoms with Gasteiger partial charge in [0.15, 0.2) is 16.7 Å². The number of rotatable bonds is 7. The van der Waals surface area contributed by atoms with Crippen molar-refractivity contribution in [2.24, 2.45) is 5.92 Å². The average molecular weight is 472 g/mol. The van der Waals surface area contributed by atoms with E-state index in [4.69, 9.17) is 4.42 Å². The van der Waals surface area contributed by atoms with E-state index in [2.05, 4.69) is 24.0 Å².